The molecule has 1 aliphatic carbocycles. The van der Waals surface area contributed by atoms with Gasteiger partial charge in [0.15, 0.2) is 0 Å². The quantitative estimate of drug-likeness (QED) is 0.855. The Morgan fingerprint density at radius 1 is 1.30 bits per heavy atom. The fourth-order valence-corrected chi connectivity index (χ4v) is 3.06. The van der Waals surface area contributed by atoms with Crippen molar-refractivity contribution >= 4 is 11.6 Å². The summed E-state index contributed by atoms with van der Waals surface area (Å²) in [4.78, 5) is 12.5. The second-order valence-electron chi connectivity index (χ2n) is 6.09. The molecule has 0 aromatic heterocycles. The third-order valence-corrected chi connectivity index (χ3v) is 4.44. The summed E-state index contributed by atoms with van der Waals surface area (Å²) in [6, 6.07) is 8.33. The first-order chi connectivity index (χ1) is 9.57. The van der Waals surface area contributed by atoms with Crippen LogP contribution in [-0.2, 0) is 4.79 Å². The summed E-state index contributed by atoms with van der Waals surface area (Å²) in [5.41, 5.74) is 1.91. The van der Waals surface area contributed by atoms with Gasteiger partial charge in [-0.15, -0.1) is 0 Å². The molecule has 0 radical (unpaired) electrons. The first kappa shape index (κ1) is 15.0. The van der Waals surface area contributed by atoms with E-state index >= 15 is 0 Å². The summed E-state index contributed by atoms with van der Waals surface area (Å²) in [7, 11) is 0. The zero-order valence-electron chi connectivity index (χ0n) is 12.8. The summed E-state index contributed by atoms with van der Waals surface area (Å²) in [5, 5.41) is 6.56. The average molecular weight is 274 g/mol. The van der Waals surface area contributed by atoms with Gasteiger partial charge in [0.1, 0.15) is 0 Å². The molecule has 0 bridgehead atoms. The van der Waals surface area contributed by atoms with Crippen LogP contribution >= 0.6 is 0 Å². The predicted molar refractivity (Wildman–Crippen MR) is 83.7 cm³/mol. The smallest absolute Gasteiger partial charge is 0.230 e. The minimum absolute atomic E-state index is 0.172. The zero-order chi connectivity index (χ0) is 14.6. The van der Waals surface area contributed by atoms with E-state index in [4.69, 9.17) is 0 Å². The Balaban J connectivity index is 2.15. The summed E-state index contributed by atoms with van der Waals surface area (Å²) in [6.45, 7) is 7.23. The lowest BCUT2D eigenvalue weighted by atomic mass is 9.87. The molecule has 20 heavy (non-hydrogen) atoms. The number of carbonyl (C=O) groups excluding carboxylic acids is 1. The van der Waals surface area contributed by atoms with Gasteiger partial charge < -0.3 is 10.6 Å². The predicted octanol–water partition coefficient (Wildman–Crippen LogP) is 3.88. The highest BCUT2D eigenvalue weighted by molar-refractivity contribution is 5.95. The van der Waals surface area contributed by atoms with Gasteiger partial charge in [-0.25, -0.2) is 0 Å². The van der Waals surface area contributed by atoms with Crippen LogP contribution in [0, 0.1) is 5.41 Å². The fourth-order valence-electron chi connectivity index (χ4n) is 3.06. The molecular weight excluding hydrogens is 248 g/mol. The maximum absolute atomic E-state index is 12.5. The van der Waals surface area contributed by atoms with Crippen molar-refractivity contribution in [2.24, 2.45) is 5.41 Å². The van der Waals surface area contributed by atoms with Crippen LogP contribution < -0.4 is 10.6 Å². The van der Waals surface area contributed by atoms with E-state index in [1.807, 2.05) is 18.2 Å². The summed E-state index contributed by atoms with van der Waals surface area (Å²) >= 11 is 0. The highest BCUT2D eigenvalue weighted by Gasteiger charge is 2.36. The van der Waals surface area contributed by atoms with Gasteiger partial charge in [-0.3, -0.25) is 4.79 Å². The molecule has 2 N–H and O–H groups in total. The van der Waals surface area contributed by atoms with Gasteiger partial charge in [0.25, 0.3) is 0 Å². The number of rotatable bonds is 5. The molecule has 1 aromatic carbocycles. The molecule has 0 spiro atoms. The van der Waals surface area contributed by atoms with Gasteiger partial charge in [0, 0.05) is 17.1 Å². The monoisotopic (exact) mass is 274 g/mol. The van der Waals surface area contributed by atoms with Crippen molar-refractivity contribution < 1.29 is 4.79 Å². The molecule has 1 unspecified atom stereocenters. The summed E-state index contributed by atoms with van der Waals surface area (Å²) in [6.07, 6.45) is 4.34. The molecule has 1 aromatic rings. The number of benzene rings is 1. The van der Waals surface area contributed by atoms with E-state index in [0.717, 1.165) is 30.6 Å². The second-order valence-corrected chi connectivity index (χ2v) is 6.09. The Labute approximate surface area is 122 Å². The van der Waals surface area contributed by atoms with Crippen molar-refractivity contribution in [3.05, 3.63) is 29.8 Å². The first-order valence-electron chi connectivity index (χ1n) is 7.70. The normalized spacial score (nSPS) is 18.8. The maximum Gasteiger partial charge on any atom is 0.230 e. The SMILES string of the molecule is CCNC(C)c1ccccc1NC(=O)C1(C)CCCC1. The van der Waals surface area contributed by atoms with Crippen LogP contribution in [0.15, 0.2) is 24.3 Å². The largest absolute Gasteiger partial charge is 0.325 e. The standard InChI is InChI=1S/C17H26N2O/c1-4-18-13(2)14-9-5-6-10-15(14)19-16(20)17(3)11-7-8-12-17/h5-6,9-10,13,18H,4,7-8,11-12H2,1-3H3,(H,19,20). The summed E-state index contributed by atoms with van der Waals surface area (Å²) in [5.74, 6) is 0.172. The average Bonchev–Trinajstić information content (AvgIpc) is 2.88. The van der Waals surface area contributed by atoms with Crippen LogP contribution in [0.25, 0.3) is 0 Å². The molecule has 0 saturated heterocycles. The van der Waals surface area contributed by atoms with Crippen LogP contribution in [0.1, 0.15) is 58.1 Å². The lowest BCUT2D eigenvalue weighted by Gasteiger charge is -2.24. The van der Waals surface area contributed by atoms with E-state index in [9.17, 15) is 4.79 Å². The van der Waals surface area contributed by atoms with Gasteiger partial charge in [-0.05, 0) is 37.9 Å². The minimum Gasteiger partial charge on any atom is -0.325 e. The molecule has 110 valence electrons. The van der Waals surface area contributed by atoms with Gasteiger partial charge in [-0.1, -0.05) is 44.9 Å². The van der Waals surface area contributed by atoms with Gasteiger partial charge >= 0.3 is 0 Å². The number of anilines is 1. The van der Waals surface area contributed by atoms with Crippen molar-refractivity contribution in [3.63, 3.8) is 0 Å². The molecule has 1 amide bonds. The van der Waals surface area contributed by atoms with Gasteiger partial charge in [0.2, 0.25) is 5.91 Å². The van der Waals surface area contributed by atoms with E-state index in [1.54, 1.807) is 0 Å². The fraction of sp³-hybridized carbons (Fsp3) is 0.588. The molecule has 1 atom stereocenters. The Bertz CT molecular complexity index is 464. The Morgan fingerprint density at radius 2 is 1.95 bits per heavy atom. The lowest BCUT2D eigenvalue weighted by molar-refractivity contribution is -0.124. The molecular formula is C17H26N2O. The lowest BCUT2D eigenvalue weighted by Crippen LogP contribution is -2.31. The third kappa shape index (κ3) is 3.21. The van der Waals surface area contributed by atoms with Crippen LogP contribution in [0.5, 0.6) is 0 Å². The number of para-hydroxylation sites is 1. The van der Waals surface area contributed by atoms with Crippen molar-refractivity contribution in [2.75, 3.05) is 11.9 Å². The van der Waals surface area contributed by atoms with Gasteiger partial charge in [0.05, 0.1) is 0 Å². The summed E-state index contributed by atoms with van der Waals surface area (Å²) < 4.78 is 0. The molecule has 0 heterocycles. The highest BCUT2D eigenvalue weighted by atomic mass is 16.2. The molecule has 3 heteroatoms. The minimum atomic E-state index is -0.186. The number of carbonyl (C=O) groups is 1. The zero-order valence-corrected chi connectivity index (χ0v) is 12.8. The molecule has 1 aliphatic rings. The second kappa shape index (κ2) is 6.40. The Hall–Kier alpha value is -1.35. The van der Waals surface area contributed by atoms with E-state index in [0.29, 0.717) is 0 Å². The number of hydrogen-bond acceptors (Lipinski definition) is 2. The van der Waals surface area contributed by atoms with Crippen molar-refractivity contribution in [1.29, 1.82) is 0 Å². The molecule has 1 fully saturated rings. The van der Waals surface area contributed by atoms with E-state index in [2.05, 4.69) is 37.5 Å². The van der Waals surface area contributed by atoms with Gasteiger partial charge in [-0.2, -0.15) is 0 Å². The van der Waals surface area contributed by atoms with Crippen LogP contribution in [0.4, 0.5) is 5.69 Å². The molecule has 0 aliphatic heterocycles. The number of hydrogen-bond donors (Lipinski definition) is 2. The van der Waals surface area contributed by atoms with Crippen LogP contribution in [0.3, 0.4) is 0 Å². The molecule has 1 saturated carbocycles. The van der Waals surface area contributed by atoms with E-state index in [1.165, 1.54) is 12.8 Å². The molecule has 2 rings (SSSR count). The molecule has 3 nitrogen and oxygen atoms in total. The Kier molecular flexibility index (Phi) is 4.81. The Morgan fingerprint density at radius 3 is 2.60 bits per heavy atom. The van der Waals surface area contributed by atoms with Crippen molar-refractivity contribution in [1.82, 2.24) is 5.32 Å². The van der Waals surface area contributed by atoms with E-state index in [-0.39, 0.29) is 17.4 Å². The third-order valence-electron chi connectivity index (χ3n) is 4.44. The first-order valence-corrected chi connectivity index (χ1v) is 7.70. The maximum atomic E-state index is 12.5. The number of amides is 1. The van der Waals surface area contributed by atoms with Crippen molar-refractivity contribution in [2.45, 2.75) is 52.5 Å². The van der Waals surface area contributed by atoms with Crippen LogP contribution in [-0.4, -0.2) is 12.5 Å². The highest BCUT2D eigenvalue weighted by Crippen LogP contribution is 2.38. The van der Waals surface area contributed by atoms with Crippen LogP contribution in [0.2, 0.25) is 0 Å². The van der Waals surface area contributed by atoms with Crippen molar-refractivity contribution in [3.8, 4) is 0 Å². The number of nitrogens with one attached hydrogen (secondary N) is 2. The topological polar surface area (TPSA) is 41.1 Å². The van der Waals surface area contributed by atoms with E-state index < -0.39 is 0 Å².